The van der Waals surface area contributed by atoms with E-state index in [1.807, 2.05) is 30.3 Å². The molecule has 0 aliphatic heterocycles. The summed E-state index contributed by atoms with van der Waals surface area (Å²) < 4.78 is 0. The van der Waals surface area contributed by atoms with Gasteiger partial charge in [0.15, 0.2) is 0 Å². The summed E-state index contributed by atoms with van der Waals surface area (Å²) in [5, 5.41) is 20.3. The van der Waals surface area contributed by atoms with Crippen molar-refractivity contribution in [2.24, 2.45) is 0 Å². The zero-order valence-corrected chi connectivity index (χ0v) is 16.2. The molecule has 1 aromatic heterocycles. The number of nitrogens with one attached hydrogen (secondary N) is 3. The maximum atomic E-state index is 12.3. The monoisotopic (exact) mass is 406 g/mol. The molecular formula is C21H22N6O3. The van der Waals surface area contributed by atoms with Crippen molar-refractivity contribution in [2.45, 2.75) is 13.0 Å². The first kappa shape index (κ1) is 20.7. The number of nitrogens with zero attached hydrogens (tertiary/aromatic N) is 3. The Kier molecular flexibility index (Phi) is 7.26. The number of amides is 1. The molecule has 9 nitrogen and oxygen atoms in total. The standard InChI is InChI=1S/C21H22N6O3/c28-20(22-10-4-11-23-21-24-12-5-13-25-21)17-8-9-18(19(14-17)27(29)30)26-15-16-6-2-1-3-7-16/h1-3,5-9,12-14,26H,4,10-11,15H2,(H,22,28)(H,23,24,25). The van der Waals surface area contributed by atoms with Crippen LogP contribution in [0.25, 0.3) is 0 Å². The van der Waals surface area contributed by atoms with Crippen molar-refractivity contribution in [3.05, 3.63) is 88.2 Å². The van der Waals surface area contributed by atoms with Crippen LogP contribution < -0.4 is 16.0 Å². The van der Waals surface area contributed by atoms with Crippen LogP contribution in [0.3, 0.4) is 0 Å². The van der Waals surface area contributed by atoms with E-state index in [0.29, 0.717) is 37.7 Å². The molecule has 0 saturated heterocycles. The highest BCUT2D eigenvalue weighted by molar-refractivity contribution is 5.95. The average Bonchev–Trinajstić information content (AvgIpc) is 2.78. The summed E-state index contributed by atoms with van der Waals surface area (Å²) in [4.78, 5) is 31.4. The summed E-state index contributed by atoms with van der Waals surface area (Å²) in [5.74, 6) is 0.168. The van der Waals surface area contributed by atoms with E-state index in [0.717, 1.165) is 5.56 Å². The number of rotatable bonds is 10. The number of anilines is 2. The maximum Gasteiger partial charge on any atom is 0.293 e. The van der Waals surface area contributed by atoms with Gasteiger partial charge in [-0.3, -0.25) is 14.9 Å². The minimum absolute atomic E-state index is 0.138. The number of hydrogen-bond donors (Lipinski definition) is 3. The molecule has 0 atom stereocenters. The van der Waals surface area contributed by atoms with Gasteiger partial charge in [0.2, 0.25) is 5.95 Å². The van der Waals surface area contributed by atoms with E-state index in [2.05, 4.69) is 25.9 Å². The first-order chi connectivity index (χ1) is 14.6. The summed E-state index contributed by atoms with van der Waals surface area (Å²) >= 11 is 0. The average molecular weight is 406 g/mol. The lowest BCUT2D eigenvalue weighted by atomic mass is 10.1. The van der Waals surface area contributed by atoms with Crippen LogP contribution in [0.4, 0.5) is 17.3 Å². The highest BCUT2D eigenvalue weighted by Gasteiger charge is 2.17. The minimum Gasteiger partial charge on any atom is -0.375 e. The lowest BCUT2D eigenvalue weighted by Gasteiger charge is -2.10. The smallest absolute Gasteiger partial charge is 0.293 e. The van der Waals surface area contributed by atoms with Crippen molar-refractivity contribution < 1.29 is 9.72 Å². The van der Waals surface area contributed by atoms with Gasteiger partial charge in [0.05, 0.1) is 4.92 Å². The van der Waals surface area contributed by atoms with Crippen LogP contribution in [0.15, 0.2) is 67.0 Å². The molecule has 30 heavy (non-hydrogen) atoms. The molecule has 3 rings (SSSR count). The van der Waals surface area contributed by atoms with Crippen molar-refractivity contribution in [1.82, 2.24) is 15.3 Å². The molecule has 2 aromatic carbocycles. The first-order valence-electron chi connectivity index (χ1n) is 9.49. The molecule has 9 heteroatoms. The molecule has 3 N–H and O–H groups in total. The molecule has 0 bridgehead atoms. The van der Waals surface area contributed by atoms with Gasteiger partial charge in [-0.1, -0.05) is 30.3 Å². The SMILES string of the molecule is O=C(NCCCNc1ncccn1)c1ccc(NCc2ccccc2)c([N+](=O)[O-])c1. The Bertz CT molecular complexity index is 983. The number of benzene rings is 2. The lowest BCUT2D eigenvalue weighted by Crippen LogP contribution is -2.26. The van der Waals surface area contributed by atoms with Crippen LogP contribution in [0, 0.1) is 10.1 Å². The van der Waals surface area contributed by atoms with Crippen LogP contribution in [-0.4, -0.2) is 33.9 Å². The van der Waals surface area contributed by atoms with Gasteiger partial charge >= 0.3 is 0 Å². The topological polar surface area (TPSA) is 122 Å². The van der Waals surface area contributed by atoms with Crippen LogP contribution in [0.5, 0.6) is 0 Å². The third kappa shape index (κ3) is 5.99. The van der Waals surface area contributed by atoms with E-state index < -0.39 is 4.92 Å². The van der Waals surface area contributed by atoms with E-state index in [-0.39, 0.29) is 17.2 Å². The second-order valence-corrected chi connectivity index (χ2v) is 6.44. The fraction of sp³-hybridized carbons (Fsp3) is 0.190. The van der Waals surface area contributed by atoms with E-state index in [9.17, 15) is 14.9 Å². The predicted octanol–water partition coefficient (Wildman–Crippen LogP) is 3.23. The fourth-order valence-electron chi connectivity index (χ4n) is 2.75. The third-order valence-electron chi connectivity index (χ3n) is 4.27. The Morgan fingerprint density at radius 3 is 2.47 bits per heavy atom. The molecular weight excluding hydrogens is 384 g/mol. The Balaban J connectivity index is 1.52. The summed E-state index contributed by atoms with van der Waals surface area (Å²) in [5.41, 5.74) is 1.48. The molecule has 0 aliphatic carbocycles. The fourth-order valence-corrected chi connectivity index (χ4v) is 2.75. The molecule has 1 heterocycles. The number of nitro groups is 1. The second-order valence-electron chi connectivity index (χ2n) is 6.44. The van der Waals surface area contributed by atoms with Crippen molar-refractivity contribution in [3.63, 3.8) is 0 Å². The summed E-state index contributed by atoms with van der Waals surface area (Å²) in [6.45, 7) is 1.46. The number of carbonyl (C=O) groups is 1. The molecule has 0 spiro atoms. The Hall–Kier alpha value is -4.01. The largest absolute Gasteiger partial charge is 0.375 e. The number of carbonyl (C=O) groups excluding carboxylic acids is 1. The van der Waals surface area contributed by atoms with Gasteiger partial charge in [-0.05, 0) is 30.2 Å². The van der Waals surface area contributed by atoms with Gasteiger partial charge in [-0.15, -0.1) is 0 Å². The Morgan fingerprint density at radius 1 is 0.967 bits per heavy atom. The quantitative estimate of drug-likeness (QED) is 0.268. The Morgan fingerprint density at radius 2 is 1.73 bits per heavy atom. The predicted molar refractivity (Wildman–Crippen MR) is 114 cm³/mol. The van der Waals surface area contributed by atoms with Crippen LogP contribution in [-0.2, 0) is 6.54 Å². The van der Waals surface area contributed by atoms with Crippen LogP contribution in [0.2, 0.25) is 0 Å². The van der Waals surface area contributed by atoms with Gasteiger partial charge in [0.25, 0.3) is 11.6 Å². The van der Waals surface area contributed by atoms with Crippen molar-refractivity contribution >= 4 is 23.2 Å². The molecule has 0 fully saturated rings. The molecule has 1 amide bonds. The van der Waals surface area contributed by atoms with Gasteiger partial charge in [-0.2, -0.15) is 0 Å². The summed E-state index contributed by atoms with van der Waals surface area (Å²) in [6.07, 6.45) is 3.94. The van der Waals surface area contributed by atoms with Crippen molar-refractivity contribution in [2.75, 3.05) is 23.7 Å². The van der Waals surface area contributed by atoms with Gasteiger partial charge < -0.3 is 16.0 Å². The third-order valence-corrected chi connectivity index (χ3v) is 4.27. The number of aromatic nitrogens is 2. The molecule has 0 aliphatic rings. The van der Waals surface area contributed by atoms with E-state index in [1.165, 1.54) is 6.07 Å². The summed E-state index contributed by atoms with van der Waals surface area (Å²) in [7, 11) is 0. The molecule has 0 saturated carbocycles. The van der Waals surface area contributed by atoms with Gasteiger partial charge in [0.1, 0.15) is 5.69 Å². The van der Waals surface area contributed by atoms with Crippen molar-refractivity contribution in [1.29, 1.82) is 0 Å². The zero-order chi connectivity index (χ0) is 21.2. The highest BCUT2D eigenvalue weighted by Crippen LogP contribution is 2.26. The normalized spacial score (nSPS) is 10.3. The molecule has 0 radical (unpaired) electrons. The second kappa shape index (κ2) is 10.5. The van der Waals surface area contributed by atoms with E-state index in [4.69, 9.17) is 0 Å². The van der Waals surface area contributed by atoms with Crippen molar-refractivity contribution in [3.8, 4) is 0 Å². The van der Waals surface area contributed by atoms with Gasteiger partial charge in [0, 0.05) is 43.7 Å². The summed E-state index contributed by atoms with van der Waals surface area (Å²) in [6, 6.07) is 15.7. The molecule has 154 valence electrons. The van der Waals surface area contributed by atoms with Crippen LogP contribution >= 0.6 is 0 Å². The number of hydrogen-bond acceptors (Lipinski definition) is 7. The maximum absolute atomic E-state index is 12.3. The highest BCUT2D eigenvalue weighted by atomic mass is 16.6. The minimum atomic E-state index is -0.492. The first-order valence-corrected chi connectivity index (χ1v) is 9.49. The Labute approximate surface area is 173 Å². The number of nitro benzene ring substituents is 1. The van der Waals surface area contributed by atoms with Crippen LogP contribution in [0.1, 0.15) is 22.3 Å². The van der Waals surface area contributed by atoms with E-state index >= 15 is 0 Å². The van der Waals surface area contributed by atoms with E-state index in [1.54, 1.807) is 30.6 Å². The molecule has 3 aromatic rings. The van der Waals surface area contributed by atoms with Gasteiger partial charge in [-0.25, -0.2) is 9.97 Å². The lowest BCUT2D eigenvalue weighted by molar-refractivity contribution is -0.384. The molecule has 0 unspecified atom stereocenters. The zero-order valence-electron chi connectivity index (χ0n) is 16.2.